The number of nitrogens with zero attached hydrogens (tertiary/aromatic N) is 3. The summed E-state index contributed by atoms with van der Waals surface area (Å²) in [7, 11) is 0. The van der Waals surface area contributed by atoms with Crippen molar-refractivity contribution in [2.45, 2.75) is 25.9 Å². The Hall–Kier alpha value is -0.680. The summed E-state index contributed by atoms with van der Waals surface area (Å²) in [4.78, 5) is 7.47. The molecule has 2 fully saturated rings. The highest BCUT2D eigenvalue weighted by molar-refractivity contribution is 6.30. The van der Waals surface area contributed by atoms with E-state index in [0.29, 0.717) is 18.2 Å². The maximum absolute atomic E-state index is 14.0. The lowest BCUT2D eigenvalue weighted by Gasteiger charge is -2.37. The van der Waals surface area contributed by atoms with Gasteiger partial charge in [0.2, 0.25) is 0 Å². The molecule has 0 saturated carbocycles. The van der Waals surface area contributed by atoms with Crippen LogP contribution in [0.2, 0.25) is 5.02 Å². The number of likely N-dealkylation sites (tertiary alicyclic amines) is 1. The smallest absolute Gasteiger partial charge is 0.146 e. The van der Waals surface area contributed by atoms with Crippen LogP contribution < -0.4 is 0 Å². The topological polar surface area (TPSA) is 9.72 Å². The predicted octanol–water partition coefficient (Wildman–Crippen LogP) is 2.69. The van der Waals surface area contributed by atoms with Crippen LogP contribution in [-0.2, 0) is 6.54 Å². The summed E-state index contributed by atoms with van der Waals surface area (Å²) in [5.41, 5.74) is 0.712. The first-order valence-electron chi connectivity index (χ1n) is 8.29. The first kappa shape index (κ1) is 16.2. The van der Waals surface area contributed by atoms with Crippen LogP contribution in [0.1, 0.15) is 18.9 Å². The van der Waals surface area contributed by atoms with E-state index in [4.69, 9.17) is 11.6 Å². The SMILES string of the molecule is CCN1CCN([C@H]2CCN(Cc3cccc(Cl)c3F)C2)CC1. The van der Waals surface area contributed by atoms with Crippen LogP contribution in [0.5, 0.6) is 0 Å². The third-order valence-electron chi connectivity index (χ3n) is 5.04. The van der Waals surface area contributed by atoms with E-state index in [1.807, 2.05) is 12.1 Å². The molecule has 122 valence electrons. The van der Waals surface area contributed by atoms with Gasteiger partial charge in [0.15, 0.2) is 0 Å². The van der Waals surface area contributed by atoms with Crippen molar-refractivity contribution in [3.05, 3.63) is 34.6 Å². The van der Waals surface area contributed by atoms with Gasteiger partial charge in [-0.3, -0.25) is 9.80 Å². The monoisotopic (exact) mass is 325 g/mol. The van der Waals surface area contributed by atoms with Gasteiger partial charge in [-0.2, -0.15) is 0 Å². The van der Waals surface area contributed by atoms with Crippen LogP contribution >= 0.6 is 11.6 Å². The zero-order chi connectivity index (χ0) is 15.5. The van der Waals surface area contributed by atoms with E-state index in [1.54, 1.807) is 6.07 Å². The number of rotatable bonds is 4. The zero-order valence-electron chi connectivity index (χ0n) is 13.3. The third kappa shape index (κ3) is 3.62. The number of benzene rings is 1. The molecule has 0 aliphatic carbocycles. The van der Waals surface area contributed by atoms with Crippen LogP contribution in [0.15, 0.2) is 18.2 Å². The van der Waals surface area contributed by atoms with Gasteiger partial charge in [-0.25, -0.2) is 4.39 Å². The van der Waals surface area contributed by atoms with E-state index in [-0.39, 0.29) is 10.8 Å². The molecule has 0 N–H and O–H groups in total. The minimum Gasteiger partial charge on any atom is -0.301 e. The molecule has 1 aromatic carbocycles. The van der Waals surface area contributed by atoms with Crippen LogP contribution in [0.4, 0.5) is 4.39 Å². The van der Waals surface area contributed by atoms with Gasteiger partial charge in [0.1, 0.15) is 5.82 Å². The molecule has 2 heterocycles. The lowest BCUT2D eigenvalue weighted by atomic mass is 10.2. The van der Waals surface area contributed by atoms with E-state index in [2.05, 4.69) is 21.6 Å². The molecule has 3 rings (SSSR count). The Morgan fingerprint density at radius 1 is 1.14 bits per heavy atom. The van der Waals surface area contributed by atoms with Crippen molar-refractivity contribution in [2.24, 2.45) is 0 Å². The van der Waals surface area contributed by atoms with E-state index in [0.717, 1.165) is 32.7 Å². The minimum atomic E-state index is -0.260. The van der Waals surface area contributed by atoms with Gasteiger partial charge in [0.05, 0.1) is 5.02 Å². The van der Waals surface area contributed by atoms with Crippen LogP contribution in [0, 0.1) is 5.82 Å². The summed E-state index contributed by atoms with van der Waals surface area (Å²) in [6.07, 6.45) is 1.19. The summed E-state index contributed by atoms with van der Waals surface area (Å²) in [5, 5.41) is 0.226. The first-order chi connectivity index (χ1) is 10.7. The molecule has 2 aliphatic rings. The van der Waals surface area contributed by atoms with Crippen LogP contribution in [0.25, 0.3) is 0 Å². The summed E-state index contributed by atoms with van der Waals surface area (Å²) in [6.45, 7) is 10.8. The van der Waals surface area contributed by atoms with Gasteiger partial charge in [-0.15, -0.1) is 0 Å². The van der Waals surface area contributed by atoms with E-state index in [1.165, 1.54) is 19.5 Å². The van der Waals surface area contributed by atoms with Crippen molar-refractivity contribution in [1.29, 1.82) is 0 Å². The third-order valence-corrected chi connectivity index (χ3v) is 5.34. The molecule has 2 aliphatic heterocycles. The molecule has 3 nitrogen and oxygen atoms in total. The van der Waals surface area contributed by atoms with Crippen molar-refractivity contribution in [2.75, 3.05) is 45.8 Å². The molecule has 2 saturated heterocycles. The standard InChI is InChI=1S/C17H25ClFN3/c1-2-20-8-10-22(11-9-20)15-6-7-21(13-15)12-14-4-3-5-16(18)17(14)19/h3-5,15H,2,6-13H2,1H3/t15-/m0/s1. The number of piperazine rings is 1. The zero-order valence-corrected chi connectivity index (χ0v) is 14.0. The average Bonchev–Trinajstić information content (AvgIpc) is 3.00. The minimum absolute atomic E-state index is 0.226. The highest BCUT2D eigenvalue weighted by Crippen LogP contribution is 2.23. The number of halogens is 2. The Labute approximate surface area is 137 Å². The largest absolute Gasteiger partial charge is 0.301 e. The fourth-order valence-corrected chi connectivity index (χ4v) is 3.80. The van der Waals surface area contributed by atoms with Crippen molar-refractivity contribution in [3.8, 4) is 0 Å². The first-order valence-corrected chi connectivity index (χ1v) is 8.67. The Morgan fingerprint density at radius 3 is 2.64 bits per heavy atom. The summed E-state index contributed by atoms with van der Waals surface area (Å²) < 4.78 is 14.0. The van der Waals surface area contributed by atoms with Gasteiger partial charge >= 0.3 is 0 Å². The fraction of sp³-hybridized carbons (Fsp3) is 0.647. The Bertz CT molecular complexity index is 503. The molecule has 0 bridgehead atoms. The Balaban J connectivity index is 1.53. The molecular formula is C17H25ClFN3. The summed E-state index contributed by atoms with van der Waals surface area (Å²) in [6, 6.07) is 5.91. The number of likely N-dealkylation sites (N-methyl/N-ethyl adjacent to an activating group) is 1. The lowest BCUT2D eigenvalue weighted by molar-refractivity contribution is 0.101. The maximum Gasteiger partial charge on any atom is 0.146 e. The van der Waals surface area contributed by atoms with Gasteiger partial charge in [-0.05, 0) is 19.0 Å². The maximum atomic E-state index is 14.0. The molecule has 5 heteroatoms. The highest BCUT2D eigenvalue weighted by Gasteiger charge is 2.29. The fourth-order valence-electron chi connectivity index (χ4n) is 3.61. The van der Waals surface area contributed by atoms with Gasteiger partial charge in [0.25, 0.3) is 0 Å². The second-order valence-electron chi connectivity index (χ2n) is 6.36. The predicted molar refractivity (Wildman–Crippen MR) is 88.8 cm³/mol. The Morgan fingerprint density at radius 2 is 1.91 bits per heavy atom. The summed E-state index contributed by atoms with van der Waals surface area (Å²) in [5.74, 6) is -0.260. The molecule has 0 radical (unpaired) electrons. The van der Waals surface area contributed by atoms with E-state index < -0.39 is 0 Å². The quantitative estimate of drug-likeness (QED) is 0.842. The molecule has 1 aromatic rings. The summed E-state index contributed by atoms with van der Waals surface area (Å²) >= 11 is 5.87. The molecule has 0 aromatic heterocycles. The van der Waals surface area contributed by atoms with Crippen molar-refractivity contribution < 1.29 is 4.39 Å². The average molecular weight is 326 g/mol. The second-order valence-corrected chi connectivity index (χ2v) is 6.77. The molecule has 0 unspecified atom stereocenters. The van der Waals surface area contributed by atoms with Gasteiger partial charge in [-0.1, -0.05) is 30.7 Å². The molecule has 0 spiro atoms. The number of hydrogen-bond donors (Lipinski definition) is 0. The highest BCUT2D eigenvalue weighted by atomic mass is 35.5. The Kier molecular flexibility index (Phi) is 5.34. The van der Waals surface area contributed by atoms with Crippen molar-refractivity contribution in [1.82, 2.24) is 14.7 Å². The van der Waals surface area contributed by atoms with Crippen molar-refractivity contribution in [3.63, 3.8) is 0 Å². The van der Waals surface area contributed by atoms with Crippen molar-refractivity contribution >= 4 is 11.6 Å². The second kappa shape index (κ2) is 7.26. The normalized spacial score (nSPS) is 25.0. The van der Waals surface area contributed by atoms with Crippen LogP contribution in [-0.4, -0.2) is 66.6 Å². The molecule has 22 heavy (non-hydrogen) atoms. The van der Waals surface area contributed by atoms with Gasteiger partial charge in [0, 0.05) is 57.4 Å². The number of hydrogen-bond acceptors (Lipinski definition) is 3. The van der Waals surface area contributed by atoms with Crippen LogP contribution in [0.3, 0.4) is 0 Å². The lowest BCUT2D eigenvalue weighted by Crippen LogP contribution is -2.50. The van der Waals surface area contributed by atoms with E-state index in [9.17, 15) is 4.39 Å². The van der Waals surface area contributed by atoms with Gasteiger partial charge < -0.3 is 4.90 Å². The van der Waals surface area contributed by atoms with E-state index >= 15 is 0 Å². The molecular weight excluding hydrogens is 301 g/mol. The molecule has 1 atom stereocenters. The molecule has 0 amide bonds.